The first kappa shape index (κ1) is 18.8. The van der Waals surface area contributed by atoms with Crippen LogP contribution < -0.4 is 19.6 Å². The molecule has 0 atom stereocenters. The van der Waals surface area contributed by atoms with Crippen LogP contribution in [-0.2, 0) is 11.2 Å². The van der Waals surface area contributed by atoms with Gasteiger partial charge in [0.25, 0.3) is 0 Å². The third-order valence-corrected chi connectivity index (χ3v) is 4.58. The molecule has 0 unspecified atom stereocenters. The number of rotatable bonds is 7. The van der Waals surface area contributed by atoms with Gasteiger partial charge in [-0.25, -0.2) is 5.43 Å². The molecule has 0 aliphatic carbocycles. The molecule has 0 bridgehead atoms. The largest absolute Gasteiger partial charge is 0.493 e. The van der Waals surface area contributed by atoms with Crippen LogP contribution in [0.3, 0.4) is 0 Å². The minimum Gasteiger partial charge on any atom is -0.493 e. The minimum absolute atomic E-state index is 0.197. The van der Waals surface area contributed by atoms with Gasteiger partial charge in [-0.3, -0.25) is 4.79 Å². The van der Waals surface area contributed by atoms with E-state index < -0.39 is 0 Å². The molecule has 0 spiro atoms. The van der Waals surface area contributed by atoms with Crippen LogP contribution in [0.1, 0.15) is 24.5 Å². The maximum absolute atomic E-state index is 12.3. The van der Waals surface area contributed by atoms with Gasteiger partial charge in [0.1, 0.15) is 5.75 Å². The van der Waals surface area contributed by atoms with Crippen LogP contribution in [0.5, 0.6) is 17.2 Å². The average Bonchev–Trinajstić information content (AvgIpc) is 3.20. The van der Waals surface area contributed by atoms with E-state index in [2.05, 4.69) is 17.5 Å². The molecule has 3 aromatic carbocycles. The number of nitrogens with one attached hydrogen (secondary N) is 1. The molecule has 29 heavy (non-hydrogen) atoms. The fraction of sp³-hybridized carbons (Fsp3) is 0.217. The Kier molecular flexibility index (Phi) is 5.61. The van der Waals surface area contributed by atoms with E-state index in [0.29, 0.717) is 18.1 Å². The molecule has 6 heteroatoms. The van der Waals surface area contributed by atoms with Gasteiger partial charge in [-0.1, -0.05) is 43.3 Å². The zero-order valence-electron chi connectivity index (χ0n) is 16.2. The van der Waals surface area contributed by atoms with Crippen molar-refractivity contribution >= 4 is 22.9 Å². The number of hydrogen-bond donors (Lipinski definition) is 1. The molecule has 1 aliphatic rings. The van der Waals surface area contributed by atoms with Crippen LogP contribution >= 0.6 is 0 Å². The molecular formula is C23H22N2O4. The van der Waals surface area contributed by atoms with Gasteiger partial charge >= 0.3 is 0 Å². The first-order valence-electron chi connectivity index (χ1n) is 9.59. The fourth-order valence-corrected chi connectivity index (χ4v) is 3.19. The molecule has 0 fully saturated rings. The van der Waals surface area contributed by atoms with Crippen molar-refractivity contribution in [3.05, 3.63) is 65.7 Å². The highest BCUT2D eigenvalue weighted by Crippen LogP contribution is 2.32. The van der Waals surface area contributed by atoms with Crippen LogP contribution in [0.15, 0.2) is 59.7 Å². The first-order chi connectivity index (χ1) is 14.2. The van der Waals surface area contributed by atoms with Crippen molar-refractivity contribution in [1.29, 1.82) is 0 Å². The molecule has 0 saturated heterocycles. The number of ether oxygens (including phenoxy) is 3. The van der Waals surface area contributed by atoms with Crippen molar-refractivity contribution in [1.82, 2.24) is 5.43 Å². The lowest BCUT2D eigenvalue weighted by Crippen LogP contribution is -2.19. The highest BCUT2D eigenvalue weighted by atomic mass is 16.7. The Morgan fingerprint density at radius 1 is 1.14 bits per heavy atom. The molecule has 1 amide bonds. The highest BCUT2D eigenvalue weighted by molar-refractivity contribution is 6.02. The summed E-state index contributed by atoms with van der Waals surface area (Å²) in [5, 5.41) is 6.28. The van der Waals surface area contributed by atoms with Crippen molar-refractivity contribution in [3.63, 3.8) is 0 Å². The Morgan fingerprint density at radius 2 is 2.00 bits per heavy atom. The summed E-state index contributed by atoms with van der Waals surface area (Å²) in [4.78, 5) is 12.3. The van der Waals surface area contributed by atoms with E-state index >= 15 is 0 Å². The number of carbonyl (C=O) groups excluding carboxylic acids is 1. The lowest BCUT2D eigenvalue weighted by molar-refractivity contribution is -0.120. The fourth-order valence-electron chi connectivity index (χ4n) is 3.19. The van der Waals surface area contributed by atoms with Crippen LogP contribution in [0.25, 0.3) is 10.8 Å². The van der Waals surface area contributed by atoms with E-state index in [1.54, 1.807) is 6.21 Å². The Hall–Kier alpha value is -3.54. The number of carbonyl (C=O) groups is 1. The zero-order valence-corrected chi connectivity index (χ0v) is 16.2. The van der Waals surface area contributed by atoms with Gasteiger partial charge in [0.15, 0.2) is 11.5 Å². The van der Waals surface area contributed by atoms with Crippen molar-refractivity contribution in [3.8, 4) is 17.2 Å². The molecule has 3 aromatic rings. The van der Waals surface area contributed by atoms with Crippen LogP contribution in [0, 0.1) is 0 Å². The lowest BCUT2D eigenvalue weighted by atomic mass is 10.0. The predicted molar refractivity (Wildman–Crippen MR) is 112 cm³/mol. The number of hydrogen-bond acceptors (Lipinski definition) is 5. The van der Waals surface area contributed by atoms with E-state index in [4.69, 9.17) is 14.2 Å². The van der Waals surface area contributed by atoms with E-state index in [1.807, 2.05) is 54.6 Å². The summed E-state index contributed by atoms with van der Waals surface area (Å²) in [6.07, 6.45) is 2.75. The molecule has 4 rings (SSSR count). The summed E-state index contributed by atoms with van der Waals surface area (Å²) in [7, 11) is 0. The quantitative estimate of drug-likeness (QED) is 0.488. The molecular weight excluding hydrogens is 368 g/mol. The van der Waals surface area contributed by atoms with Gasteiger partial charge in [0.2, 0.25) is 12.7 Å². The smallest absolute Gasteiger partial charge is 0.244 e. The lowest BCUT2D eigenvalue weighted by Gasteiger charge is -2.11. The monoisotopic (exact) mass is 390 g/mol. The molecule has 0 radical (unpaired) electrons. The van der Waals surface area contributed by atoms with E-state index in [1.165, 1.54) is 0 Å². The molecule has 0 saturated carbocycles. The number of nitrogens with zero attached hydrogens (tertiary/aromatic N) is 1. The standard InChI is InChI=1S/C23H22N2O4/c1-2-11-27-20-10-8-17-5-3-4-6-18(17)19(20)14-24-25-23(26)13-16-7-9-21-22(12-16)29-15-28-21/h3-10,12,14H,2,11,13,15H2,1H3,(H,25,26)/b24-14-. The predicted octanol–water partition coefficient (Wildman–Crippen LogP) is 4.05. The third kappa shape index (κ3) is 4.32. The second kappa shape index (κ2) is 8.65. The van der Waals surface area contributed by atoms with Gasteiger partial charge in [0.05, 0.1) is 19.2 Å². The Morgan fingerprint density at radius 3 is 2.90 bits per heavy atom. The van der Waals surface area contributed by atoms with E-state index in [-0.39, 0.29) is 19.1 Å². The number of fused-ring (bicyclic) bond motifs is 2. The van der Waals surface area contributed by atoms with Crippen LogP contribution in [0.2, 0.25) is 0 Å². The molecule has 1 heterocycles. The van der Waals surface area contributed by atoms with Gasteiger partial charge in [0, 0.05) is 5.56 Å². The number of amides is 1. The van der Waals surface area contributed by atoms with Crippen molar-refractivity contribution in [2.75, 3.05) is 13.4 Å². The molecule has 1 N–H and O–H groups in total. The second-order valence-electron chi connectivity index (χ2n) is 6.70. The molecule has 148 valence electrons. The molecule has 0 aromatic heterocycles. The van der Waals surface area contributed by atoms with Crippen LogP contribution in [0.4, 0.5) is 0 Å². The van der Waals surface area contributed by atoms with Gasteiger partial charge in [-0.05, 0) is 41.0 Å². The van der Waals surface area contributed by atoms with E-state index in [9.17, 15) is 4.79 Å². The van der Waals surface area contributed by atoms with E-state index in [0.717, 1.165) is 34.1 Å². The highest BCUT2D eigenvalue weighted by Gasteiger charge is 2.14. The Bertz CT molecular complexity index is 1060. The molecule has 6 nitrogen and oxygen atoms in total. The maximum Gasteiger partial charge on any atom is 0.244 e. The summed E-state index contributed by atoms with van der Waals surface area (Å²) >= 11 is 0. The summed E-state index contributed by atoms with van der Waals surface area (Å²) in [6, 6.07) is 17.4. The first-order valence-corrected chi connectivity index (χ1v) is 9.59. The molecule has 1 aliphatic heterocycles. The Balaban J connectivity index is 1.48. The second-order valence-corrected chi connectivity index (χ2v) is 6.70. The van der Waals surface area contributed by atoms with Gasteiger partial charge in [-0.2, -0.15) is 5.10 Å². The minimum atomic E-state index is -0.212. The van der Waals surface area contributed by atoms with Crippen molar-refractivity contribution in [2.24, 2.45) is 5.10 Å². The third-order valence-electron chi connectivity index (χ3n) is 4.58. The maximum atomic E-state index is 12.3. The van der Waals surface area contributed by atoms with Crippen LogP contribution in [-0.4, -0.2) is 25.5 Å². The normalized spacial score (nSPS) is 12.4. The van der Waals surface area contributed by atoms with Gasteiger partial charge < -0.3 is 14.2 Å². The zero-order chi connectivity index (χ0) is 20.1. The van der Waals surface area contributed by atoms with Gasteiger partial charge in [-0.15, -0.1) is 0 Å². The summed E-state index contributed by atoms with van der Waals surface area (Å²) in [5.41, 5.74) is 4.28. The topological polar surface area (TPSA) is 69.2 Å². The summed E-state index contributed by atoms with van der Waals surface area (Å²) < 4.78 is 16.5. The number of benzene rings is 3. The SMILES string of the molecule is CCCOc1ccc2ccccc2c1/C=N\NC(=O)Cc1ccc2c(c1)OCO2. The Labute approximate surface area is 169 Å². The average molecular weight is 390 g/mol. The summed E-state index contributed by atoms with van der Waals surface area (Å²) in [5.74, 6) is 1.89. The van der Waals surface area contributed by atoms with Crippen molar-refractivity contribution < 1.29 is 19.0 Å². The summed E-state index contributed by atoms with van der Waals surface area (Å²) in [6.45, 7) is 2.89. The van der Waals surface area contributed by atoms with Crippen molar-refractivity contribution in [2.45, 2.75) is 19.8 Å². The number of hydrazone groups is 1.